The van der Waals surface area contributed by atoms with E-state index in [1.54, 1.807) is 0 Å². The summed E-state index contributed by atoms with van der Waals surface area (Å²) >= 11 is 0. The number of unbranched alkanes of at least 4 members (excludes halogenated alkanes) is 2. The Labute approximate surface area is 153 Å². The number of rotatable bonds is 14. The Kier molecular flexibility index (Phi) is 11.3. The minimum Gasteiger partial charge on any atom is -0.324 e. The summed E-state index contributed by atoms with van der Waals surface area (Å²) in [6, 6.07) is 0. The molecule has 0 fully saturated rings. The lowest BCUT2D eigenvalue weighted by Crippen LogP contribution is -2.34. The van der Waals surface area contributed by atoms with E-state index in [0.717, 1.165) is 38.5 Å². The van der Waals surface area contributed by atoms with Gasteiger partial charge in [-0.1, -0.05) is 79.1 Å². The Balaban J connectivity index is 5.82. The Bertz CT molecular complexity index is 414. The second kappa shape index (κ2) is 11.2. The zero-order valence-electron chi connectivity index (χ0n) is 16.2. The Morgan fingerprint density at radius 2 is 1.04 bits per heavy atom. The lowest BCUT2D eigenvalue weighted by Gasteiger charge is -2.39. The molecule has 0 bridgehead atoms. The smallest absolute Gasteiger partial charge is 0.324 e. The molecule has 2 unspecified atom stereocenters. The van der Waals surface area contributed by atoms with E-state index < -0.39 is 20.1 Å². The molecule has 8 heteroatoms. The van der Waals surface area contributed by atoms with Gasteiger partial charge in [0.2, 0.25) is 0 Å². The van der Waals surface area contributed by atoms with E-state index in [4.69, 9.17) is 0 Å². The van der Waals surface area contributed by atoms with E-state index in [1.165, 1.54) is 0 Å². The van der Waals surface area contributed by atoms with Crippen LogP contribution in [0.4, 0.5) is 0 Å². The van der Waals surface area contributed by atoms with Gasteiger partial charge in [0.05, 0.1) is 0 Å². The Hall–Kier alpha value is 0.300. The monoisotopic (exact) mass is 400 g/mol. The molecule has 0 saturated carbocycles. The summed E-state index contributed by atoms with van der Waals surface area (Å²) in [6.45, 7) is 7.89. The van der Waals surface area contributed by atoms with Gasteiger partial charge in [-0.3, -0.25) is 9.13 Å². The van der Waals surface area contributed by atoms with Crippen molar-refractivity contribution < 1.29 is 28.7 Å². The highest BCUT2D eigenvalue weighted by Crippen LogP contribution is 2.74. The molecular formula is C17H38O6P2. The van der Waals surface area contributed by atoms with Crippen molar-refractivity contribution in [1.82, 2.24) is 0 Å². The highest BCUT2D eigenvalue weighted by molar-refractivity contribution is 7.72. The van der Waals surface area contributed by atoms with E-state index in [9.17, 15) is 28.7 Å². The van der Waals surface area contributed by atoms with E-state index in [0.29, 0.717) is 12.8 Å². The summed E-state index contributed by atoms with van der Waals surface area (Å²) in [6.07, 6.45) is 6.25. The van der Waals surface area contributed by atoms with Crippen LogP contribution < -0.4 is 0 Å². The second-order valence-electron chi connectivity index (χ2n) is 7.31. The SMILES string of the molecule is CCCCC(CC)CC(CC(CC)CCCC)(P(=O)(O)O)P(=O)(O)O. The lowest BCUT2D eigenvalue weighted by molar-refractivity contribution is 0.246. The third kappa shape index (κ3) is 7.44. The van der Waals surface area contributed by atoms with Gasteiger partial charge in [0, 0.05) is 0 Å². The quantitative estimate of drug-likeness (QED) is 0.296. The van der Waals surface area contributed by atoms with Crippen LogP contribution in [0.25, 0.3) is 0 Å². The molecule has 2 atom stereocenters. The maximum Gasteiger partial charge on any atom is 0.343 e. The molecule has 0 aliphatic carbocycles. The van der Waals surface area contributed by atoms with Gasteiger partial charge in [0.25, 0.3) is 0 Å². The first-order valence-corrected chi connectivity index (χ1v) is 12.8. The van der Waals surface area contributed by atoms with Crippen molar-refractivity contribution in [1.29, 1.82) is 0 Å². The third-order valence-corrected chi connectivity index (χ3v) is 9.86. The first kappa shape index (κ1) is 25.3. The number of hydrogen-bond donors (Lipinski definition) is 4. The van der Waals surface area contributed by atoms with Crippen LogP contribution >= 0.6 is 15.2 Å². The van der Waals surface area contributed by atoms with Crippen LogP contribution in [0.2, 0.25) is 0 Å². The average Bonchev–Trinajstić information content (AvgIpc) is 2.51. The van der Waals surface area contributed by atoms with Gasteiger partial charge in [-0.2, -0.15) is 0 Å². The summed E-state index contributed by atoms with van der Waals surface area (Å²) in [4.78, 5) is 37.8. The highest BCUT2D eigenvalue weighted by Gasteiger charge is 2.60. The van der Waals surface area contributed by atoms with E-state index >= 15 is 0 Å². The molecule has 0 rings (SSSR count). The minimum atomic E-state index is -4.99. The maximum absolute atomic E-state index is 12.4. The molecule has 0 heterocycles. The van der Waals surface area contributed by atoms with Crippen molar-refractivity contribution in [3.8, 4) is 0 Å². The Morgan fingerprint density at radius 3 is 1.24 bits per heavy atom. The third-order valence-electron chi connectivity index (χ3n) is 5.40. The van der Waals surface area contributed by atoms with Crippen LogP contribution in [-0.4, -0.2) is 24.5 Å². The topological polar surface area (TPSA) is 115 Å². The summed E-state index contributed by atoms with van der Waals surface area (Å²) in [5.41, 5.74) is 0. The second-order valence-corrected chi connectivity index (χ2v) is 11.6. The van der Waals surface area contributed by atoms with Crippen molar-refractivity contribution in [2.75, 3.05) is 0 Å². The van der Waals surface area contributed by atoms with Gasteiger partial charge < -0.3 is 19.6 Å². The predicted octanol–water partition coefficient (Wildman–Crippen LogP) is 5.25. The molecule has 0 spiro atoms. The summed E-state index contributed by atoms with van der Waals surface area (Å²) < 4.78 is 24.7. The number of hydrogen-bond acceptors (Lipinski definition) is 2. The van der Waals surface area contributed by atoms with Gasteiger partial charge in [0.15, 0.2) is 4.90 Å². The van der Waals surface area contributed by atoms with Crippen molar-refractivity contribution in [3.05, 3.63) is 0 Å². The first-order chi connectivity index (χ1) is 11.5. The Morgan fingerprint density at radius 1 is 0.720 bits per heavy atom. The van der Waals surface area contributed by atoms with Crippen molar-refractivity contribution in [2.24, 2.45) is 11.8 Å². The molecule has 0 aliphatic rings. The van der Waals surface area contributed by atoms with Crippen LogP contribution in [0.15, 0.2) is 0 Å². The van der Waals surface area contributed by atoms with Gasteiger partial charge in [0.1, 0.15) is 0 Å². The standard InChI is InChI=1S/C17H38O6P2/c1-5-9-11-15(7-3)13-17(24(18,19)20,25(21,22)23)14-16(8-4)12-10-6-2/h15-16H,5-14H2,1-4H3,(H2,18,19,20)(H2,21,22,23). The fourth-order valence-corrected chi connectivity index (χ4v) is 6.88. The maximum atomic E-state index is 12.4. The summed E-state index contributed by atoms with van der Waals surface area (Å²) in [5.74, 6) is -0.187. The molecule has 0 aromatic heterocycles. The van der Waals surface area contributed by atoms with Gasteiger partial charge in [-0.25, -0.2) is 0 Å². The van der Waals surface area contributed by atoms with Gasteiger partial charge in [-0.15, -0.1) is 0 Å². The largest absolute Gasteiger partial charge is 0.343 e. The van der Waals surface area contributed by atoms with Crippen molar-refractivity contribution in [2.45, 2.75) is 96.8 Å². The zero-order valence-corrected chi connectivity index (χ0v) is 18.0. The first-order valence-electron chi connectivity index (χ1n) is 9.60. The molecule has 25 heavy (non-hydrogen) atoms. The molecule has 6 nitrogen and oxygen atoms in total. The van der Waals surface area contributed by atoms with Crippen molar-refractivity contribution >= 4 is 15.2 Å². The molecule has 0 aromatic carbocycles. The summed E-state index contributed by atoms with van der Waals surface area (Å²) in [5, 5.41) is 0. The minimum absolute atomic E-state index is 0.0936. The molecular weight excluding hydrogens is 362 g/mol. The molecule has 0 aromatic rings. The molecule has 0 aliphatic heterocycles. The van der Waals surface area contributed by atoms with Crippen LogP contribution in [-0.2, 0) is 9.13 Å². The van der Waals surface area contributed by atoms with E-state index in [-0.39, 0.29) is 24.7 Å². The van der Waals surface area contributed by atoms with Crippen molar-refractivity contribution in [3.63, 3.8) is 0 Å². The van der Waals surface area contributed by atoms with Crippen LogP contribution in [0.5, 0.6) is 0 Å². The van der Waals surface area contributed by atoms with Crippen LogP contribution in [0, 0.1) is 11.8 Å². The van der Waals surface area contributed by atoms with E-state index in [1.807, 2.05) is 27.7 Å². The molecule has 0 radical (unpaired) electrons. The summed E-state index contributed by atoms with van der Waals surface area (Å²) in [7, 11) is -9.98. The normalized spacial score (nSPS) is 16.0. The fourth-order valence-electron chi connectivity index (χ4n) is 3.54. The molecule has 0 amide bonds. The van der Waals surface area contributed by atoms with Gasteiger partial charge in [-0.05, 0) is 24.7 Å². The molecule has 0 saturated heterocycles. The lowest BCUT2D eigenvalue weighted by atomic mass is 9.88. The molecule has 4 N–H and O–H groups in total. The van der Waals surface area contributed by atoms with Crippen LogP contribution in [0.1, 0.15) is 91.9 Å². The predicted molar refractivity (Wildman–Crippen MR) is 103 cm³/mol. The van der Waals surface area contributed by atoms with Gasteiger partial charge >= 0.3 is 15.2 Å². The average molecular weight is 400 g/mol. The zero-order chi connectivity index (χ0) is 19.7. The molecule has 152 valence electrons. The fraction of sp³-hybridized carbons (Fsp3) is 1.00. The highest BCUT2D eigenvalue weighted by atomic mass is 31.2. The van der Waals surface area contributed by atoms with Crippen LogP contribution in [0.3, 0.4) is 0 Å². The van der Waals surface area contributed by atoms with E-state index in [2.05, 4.69) is 0 Å².